The van der Waals surface area contributed by atoms with Gasteiger partial charge in [0.2, 0.25) is 11.8 Å². The number of carbonyl (C=O) groups excluding carboxylic acids is 1. The van der Waals surface area contributed by atoms with E-state index in [0.717, 1.165) is 15.9 Å². The van der Waals surface area contributed by atoms with Gasteiger partial charge in [-0.1, -0.05) is 12.1 Å². The molecule has 2 aromatic rings. The molecule has 10 heteroatoms. The second kappa shape index (κ2) is 6.57. The molecule has 25 heavy (non-hydrogen) atoms. The lowest BCUT2D eigenvalue weighted by Gasteiger charge is -2.13. The maximum Gasteiger partial charge on any atom is 0.327 e. The quantitative estimate of drug-likeness (QED) is 0.663. The molecule has 4 N–H and O–H groups in total. The predicted octanol–water partition coefficient (Wildman–Crippen LogP) is 0.737. The normalized spacial score (nSPS) is 13.5. The second-order valence-corrected chi connectivity index (χ2v) is 6.84. The summed E-state index contributed by atoms with van der Waals surface area (Å²) in [7, 11) is 0. The number of fused-ring (bicyclic) bond motifs is 1. The van der Waals surface area contributed by atoms with Crippen molar-refractivity contribution < 1.29 is 19.8 Å². The Bertz CT molecular complexity index is 1050. The highest BCUT2D eigenvalue weighted by Gasteiger charge is 2.27. The molecular weight excluding hydrogens is 364 g/mol. The third-order valence-electron chi connectivity index (χ3n) is 3.45. The molecular formula is C15H12N4O4S2. The second-order valence-electron chi connectivity index (χ2n) is 5.17. The highest BCUT2D eigenvalue weighted by atomic mass is 32.1. The highest BCUT2D eigenvalue weighted by molar-refractivity contribution is 7.73. The van der Waals surface area contributed by atoms with Gasteiger partial charge in [0.25, 0.3) is 0 Å². The summed E-state index contributed by atoms with van der Waals surface area (Å²) in [5, 5.41) is 21.1. The molecule has 0 aliphatic carbocycles. The Morgan fingerprint density at radius 1 is 1.32 bits per heavy atom. The van der Waals surface area contributed by atoms with Crippen LogP contribution in [0.5, 0.6) is 5.88 Å². The van der Waals surface area contributed by atoms with Crippen LogP contribution in [-0.4, -0.2) is 26.7 Å². The first-order valence-corrected chi connectivity index (χ1v) is 8.29. The lowest BCUT2D eigenvalue weighted by molar-refractivity contribution is -0.143. The molecule has 0 unspecified atom stereocenters. The summed E-state index contributed by atoms with van der Waals surface area (Å²) in [4.78, 5) is 31.4. The predicted molar refractivity (Wildman–Crippen MR) is 92.0 cm³/mol. The van der Waals surface area contributed by atoms with Crippen molar-refractivity contribution in [2.45, 2.75) is 12.5 Å². The zero-order valence-electron chi connectivity index (χ0n) is 12.6. The van der Waals surface area contributed by atoms with E-state index in [4.69, 9.17) is 18.0 Å². The Morgan fingerprint density at radius 3 is 2.44 bits per heavy atom. The van der Waals surface area contributed by atoms with Gasteiger partial charge in [-0.3, -0.25) is 9.36 Å². The minimum absolute atomic E-state index is 0.105. The van der Waals surface area contributed by atoms with Gasteiger partial charge in [-0.15, -0.1) is 11.3 Å². The number of nitrogens with two attached hydrogens (primary N) is 1. The molecule has 1 aliphatic rings. The molecule has 1 aliphatic heterocycles. The SMILES string of the molecule is NC(=O)C[C@H](C(=O)O)n1c(O)c(C=C2N=c3ccccc3=N2)sc1=S. The molecule has 1 aromatic heterocycles. The minimum Gasteiger partial charge on any atom is -0.493 e. The standard InChI is InChI=1S/C15H12N4O4S2/c16-11(20)5-9(14(22)23)19-13(21)10(25-15(19)24)6-12-17-7-3-1-2-4-8(7)18-12/h1-4,6,9,21H,5H2,(H2,16,20)(H,22,23)/t9-/m1/s1. The van der Waals surface area contributed by atoms with Gasteiger partial charge >= 0.3 is 5.97 Å². The number of aliphatic carboxylic acids is 1. The molecule has 2 heterocycles. The minimum atomic E-state index is -1.37. The molecule has 1 atom stereocenters. The first-order chi connectivity index (χ1) is 11.9. The van der Waals surface area contributed by atoms with Crippen LogP contribution in [0.15, 0.2) is 40.1 Å². The van der Waals surface area contributed by atoms with E-state index in [0.29, 0.717) is 21.4 Å². The maximum atomic E-state index is 11.4. The van der Waals surface area contributed by atoms with Crippen LogP contribution < -0.4 is 16.4 Å². The Morgan fingerprint density at radius 2 is 1.92 bits per heavy atom. The van der Waals surface area contributed by atoms with Crippen molar-refractivity contribution in [2.24, 2.45) is 15.7 Å². The third kappa shape index (κ3) is 3.35. The van der Waals surface area contributed by atoms with E-state index in [1.54, 1.807) is 12.1 Å². The summed E-state index contributed by atoms with van der Waals surface area (Å²) >= 11 is 6.13. The number of carbonyl (C=O) groups is 2. The number of carboxylic acid groups (broad SMARTS) is 1. The Hall–Kier alpha value is -2.85. The molecule has 0 saturated heterocycles. The molecule has 3 rings (SSSR count). The topological polar surface area (TPSA) is 130 Å². The number of hydrogen-bond acceptors (Lipinski definition) is 7. The summed E-state index contributed by atoms with van der Waals surface area (Å²) in [6, 6.07) is 5.91. The number of aromatic hydroxyl groups is 1. The fourth-order valence-corrected chi connectivity index (χ4v) is 3.69. The summed E-state index contributed by atoms with van der Waals surface area (Å²) in [6.07, 6.45) is 1.03. The van der Waals surface area contributed by atoms with Crippen LogP contribution in [0.3, 0.4) is 0 Å². The van der Waals surface area contributed by atoms with Crippen molar-refractivity contribution >= 4 is 41.5 Å². The van der Waals surface area contributed by atoms with Gasteiger partial charge in [0, 0.05) is 6.08 Å². The van der Waals surface area contributed by atoms with Gasteiger partial charge in [0.05, 0.1) is 22.0 Å². The number of amides is 1. The summed E-state index contributed by atoms with van der Waals surface area (Å²) in [5.41, 5.74) is 5.09. The Labute approximate surface area is 149 Å². The summed E-state index contributed by atoms with van der Waals surface area (Å²) < 4.78 is 1.11. The van der Waals surface area contributed by atoms with Gasteiger partial charge in [-0.2, -0.15) is 0 Å². The average Bonchev–Trinajstić information content (AvgIpc) is 3.06. The highest BCUT2D eigenvalue weighted by Crippen LogP contribution is 2.33. The molecule has 0 spiro atoms. The third-order valence-corrected chi connectivity index (χ3v) is 4.78. The van der Waals surface area contributed by atoms with Crippen molar-refractivity contribution in [3.63, 3.8) is 0 Å². The first kappa shape index (κ1) is 17.0. The molecule has 0 fully saturated rings. The zero-order valence-corrected chi connectivity index (χ0v) is 14.3. The fourth-order valence-electron chi connectivity index (χ4n) is 2.35. The number of thiazole rings is 1. The number of carboxylic acids is 1. The van der Waals surface area contributed by atoms with Gasteiger partial charge in [-0.05, 0) is 24.4 Å². The number of rotatable bonds is 5. The summed E-state index contributed by atoms with van der Waals surface area (Å²) in [6.45, 7) is 0. The van der Waals surface area contributed by atoms with E-state index in [1.807, 2.05) is 12.1 Å². The molecule has 128 valence electrons. The van der Waals surface area contributed by atoms with Gasteiger partial charge in [-0.25, -0.2) is 14.8 Å². The Balaban J connectivity index is 2.05. The molecule has 8 nitrogen and oxygen atoms in total. The summed E-state index contributed by atoms with van der Waals surface area (Å²) in [5.74, 6) is -2.12. The van der Waals surface area contributed by atoms with E-state index in [2.05, 4.69) is 9.98 Å². The van der Waals surface area contributed by atoms with Gasteiger partial charge < -0.3 is 15.9 Å². The number of aromatic nitrogens is 1. The van der Waals surface area contributed by atoms with Crippen molar-refractivity contribution in [2.75, 3.05) is 0 Å². The van der Waals surface area contributed by atoms with Gasteiger partial charge in [0.1, 0.15) is 6.04 Å². The average molecular weight is 376 g/mol. The number of nitrogens with zero attached hydrogens (tertiary/aromatic N) is 3. The van der Waals surface area contributed by atoms with E-state index in [9.17, 15) is 19.8 Å². The van der Waals surface area contributed by atoms with E-state index >= 15 is 0 Å². The molecule has 0 bridgehead atoms. The van der Waals surface area contributed by atoms with Crippen LogP contribution in [0, 0.1) is 3.95 Å². The van der Waals surface area contributed by atoms with Gasteiger partial charge in [0.15, 0.2) is 9.78 Å². The number of primary amides is 1. The lowest BCUT2D eigenvalue weighted by atomic mass is 10.2. The van der Waals surface area contributed by atoms with Crippen molar-refractivity contribution in [1.29, 1.82) is 0 Å². The number of para-hydroxylation sites is 2. The van der Waals surface area contributed by atoms with Crippen LogP contribution in [0.1, 0.15) is 17.3 Å². The molecule has 0 radical (unpaired) electrons. The van der Waals surface area contributed by atoms with Crippen LogP contribution >= 0.6 is 23.6 Å². The van der Waals surface area contributed by atoms with Crippen LogP contribution in [0.4, 0.5) is 0 Å². The van der Waals surface area contributed by atoms with E-state index in [-0.39, 0.29) is 9.83 Å². The van der Waals surface area contributed by atoms with Crippen LogP contribution in [0.2, 0.25) is 0 Å². The maximum absolute atomic E-state index is 11.4. The van der Waals surface area contributed by atoms with Crippen LogP contribution in [0.25, 0.3) is 6.08 Å². The number of benzene rings is 1. The number of hydrogen-bond donors (Lipinski definition) is 3. The molecule has 0 saturated carbocycles. The monoisotopic (exact) mass is 376 g/mol. The molecule has 1 amide bonds. The van der Waals surface area contributed by atoms with Crippen molar-refractivity contribution in [3.05, 3.63) is 49.6 Å². The first-order valence-electron chi connectivity index (χ1n) is 7.06. The Kier molecular flexibility index (Phi) is 4.47. The van der Waals surface area contributed by atoms with Crippen molar-refractivity contribution in [1.82, 2.24) is 4.57 Å². The van der Waals surface area contributed by atoms with E-state index < -0.39 is 24.3 Å². The van der Waals surface area contributed by atoms with Crippen LogP contribution in [-0.2, 0) is 9.59 Å². The fraction of sp³-hybridized carbons (Fsp3) is 0.133. The van der Waals surface area contributed by atoms with E-state index in [1.165, 1.54) is 6.08 Å². The zero-order chi connectivity index (χ0) is 18.1. The molecule has 1 aromatic carbocycles. The smallest absolute Gasteiger partial charge is 0.327 e. The lowest BCUT2D eigenvalue weighted by Crippen LogP contribution is -2.25. The van der Waals surface area contributed by atoms with Crippen molar-refractivity contribution in [3.8, 4) is 5.88 Å². The largest absolute Gasteiger partial charge is 0.493 e.